The SMILES string of the molecule is CN(OCN1CCN(c2cc3c(cc2F)c(=O)c(C(=O)O)cn3C2CC2)CC1)c1ccccc1. The Hall–Kier alpha value is -3.43. The molecule has 1 saturated carbocycles. The van der Waals surface area contributed by atoms with E-state index in [9.17, 15) is 14.7 Å². The van der Waals surface area contributed by atoms with Gasteiger partial charge in [0.2, 0.25) is 5.43 Å². The van der Waals surface area contributed by atoms with Crippen molar-refractivity contribution in [2.45, 2.75) is 18.9 Å². The van der Waals surface area contributed by atoms with Gasteiger partial charge in [-0.15, -0.1) is 0 Å². The van der Waals surface area contributed by atoms with Gasteiger partial charge in [-0.2, -0.15) is 0 Å². The Morgan fingerprint density at radius 2 is 1.85 bits per heavy atom. The van der Waals surface area contributed by atoms with Gasteiger partial charge in [-0.3, -0.25) is 19.6 Å². The standard InChI is InChI=1S/C25H27FN4O4/c1-27(17-5-3-2-4-6-17)34-16-28-9-11-29(12-10-28)23-14-22-19(13-21(23)26)24(31)20(25(32)33)15-30(22)18-7-8-18/h2-6,13-15,18H,7-12,16H2,1H3,(H,32,33). The molecule has 1 aliphatic heterocycles. The second-order valence-corrected chi connectivity index (χ2v) is 8.83. The summed E-state index contributed by atoms with van der Waals surface area (Å²) in [5.41, 5.74) is 1.03. The van der Waals surface area contributed by atoms with Gasteiger partial charge >= 0.3 is 5.97 Å². The lowest BCUT2D eigenvalue weighted by atomic mass is 10.1. The van der Waals surface area contributed by atoms with Crippen molar-refractivity contribution in [1.29, 1.82) is 0 Å². The molecule has 0 spiro atoms. The Morgan fingerprint density at radius 1 is 1.15 bits per heavy atom. The summed E-state index contributed by atoms with van der Waals surface area (Å²) in [6.07, 6.45) is 3.24. The highest BCUT2D eigenvalue weighted by atomic mass is 19.1. The number of aromatic carboxylic acids is 1. The molecule has 5 rings (SSSR count). The number of para-hydroxylation sites is 1. The van der Waals surface area contributed by atoms with Crippen LogP contribution in [0.4, 0.5) is 15.8 Å². The maximum atomic E-state index is 15.1. The minimum Gasteiger partial charge on any atom is -0.477 e. The van der Waals surface area contributed by atoms with E-state index in [1.165, 1.54) is 12.3 Å². The molecule has 2 heterocycles. The Labute approximate surface area is 196 Å². The zero-order valence-electron chi connectivity index (χ0n) is 19.0. The number of rotatable bonds is 7. The molecule has 1 saturated heterocycles. The third kappa shape index (κ3) is 4.36. The number of benzene rings is 2. The van der Waals surface area contributed by atoms with Gasteiger partial charge in [-0.05, 0) is 37.1 Å². The number of fused-ring (bicyclic) bond motifs is 1. The van der Waals surface area contributed by atoms with Crippen LogP contribution in [0.3, 0.4) is 0 Å². The van der Waals surface area contributed by atoms with Crippen molar-refractivity contribution in [3.8, 4) is 0 Å². The number of carboxylic acid groups (broad SMARTS) is 1. The fourth-order valence-electron chi connectivity index (χ4n) is 4.41. The lowest BCUT2D eigenvalue weighted by molar-refractivity contribution is 0.0177. The third-order valence-corrected chi connectivity index (χ3v) is 6.54. The number of pyridine rings is 1. The fraction of sp³-hybridized carbons (Fsp3) is 0.360. The van der Waals surface area contributed by atoms with Gasteiger partial charge in [0.15, 0.2) is 0 Å². The van der Waals surface area contributed by atoms with Gasteiger partial charge in [-0.1, -0.05) is 18.2 Å². The van der Waals surface area contributed by atoms with Crippen LogP contribution in [0, 0.1) is 5.82 Å². The van der Waals surface area contributed by atoms with E-state index in [2.05, 4.69) is 4.90 Å². The Morgan fingerprint density at radius 3 is 2.50 bits per heavy atom. The van der Waals surface area contributed by atoms with Gasteiger partial charge < -0.3 is 14.6 Å². The molecule has 1 aliphatic carbocycles. The van der Waals surface area contributed by atoms with Crippen molar-refractivity contribution in [2.24, 2.45) is 0 Å². The van der Waals surface area contributed by atoms with Crippen LogP contribution in [0.2, 0.25) is 0 Å². The molecule has 178 valence electrons. The maximum Gasteiger partial charge on any atom is 0.341 e. The summed E-state index contributed by atoms with van der Waals surface area (Å²) >= 11 is 0. The molecular formula is C25H27FN4O4. The van der Waals surface area contributed by atoms with Crippen LogP contribution >= 0.6 is 0 Å². The Balaban J connectivity index is 1.32. The zero-order valence-corrected chi connectivity index (χ0v) is 19.0. The summed E-state index contributed by atoms with van der Waals surface area (Å²) in [4.78, 5) is 34.2. The van der Waals surface area contributed by atoms with Crippen molar-refractivity contribution in [3.05, 3.63) is 70.3 Å². The van der Waals surface area contributed by atoms with Gasteiger partial charge in [0.1, 0.15) is 18.1 Å². The number of aromatic nitrogens is 1. The van der Waals surface area contributed by atoms with Crippen LogP contribution in [-0.2, 0) is 4.84 Å². The summed E-state index contributed by atoms with van der Waals surface area (Å²) in [6.45, 7) is 3.06. The normalized spacial score (nSPS) is 16.7. The van der Waals surface area contributed by atoms with Gasteiger partial charge in [0.25, 0.3) is 0 Å². The van der Waals surface area contributed by atoms with Crippen LogP contribution in [0.25, 0.3) is 10.9 Å². The monoisotopic (exact) mass is 466 g/mol. The highest BCUT2D eigenvalue weighted by Crippen LogP contribution is 2.38. The molecule has 2 aliphatic rings. The Kier molecular flexibility index (Phi) is 5.97. The molecule has 2 fully saturated rings. The number of carboxylic acids is 1. The van der Waals surface area contributed by atoms with Crippen molar-refractivity contribution >= 4 is 28.2 Å². The van der Waals surface area contributed by atoms with Crippen molar-refractivity contribution in [1.82, 2.24) is 9.47 Å². The summed E-state index contributed by atoms with van der Waals surface area (Å²) in [6, 6.07) is 12.9. The van der Waals surface area contributed by atoms with Crippen LogP contribution in [0.5, 0.6) is 0 Å². The highest BCUT2D eigenvalue weighted by Gasteiger charge is 2.28. The summed E-state index contributed by atoms with van der Waals surface area (Å²) in [5, 5.41) is 11.3. The van der Waals surface area contributed by atoms with E-state index in [1.807, 2.05) is 46.8 Å². The lowest BCUT2D eigenvalue weighted by Crippen LogP contribution is -2.48. The summed E-state index contributed by atoms with van der Waals surface area (Å²) in [5.74, 6) is -1.80. The van der Waals surface area contributed by atoms with Gasteiger partial charge in [0, 0.05) is 50.9 Å². The molecule has 1 N–H and O–H groups in total. The highest BCUT2D eigenvalue weighted by molar-refractivity contribution is 5.93. The molecule has 3 aromatic rings. The van der Waals surface area contributed by atoms with Crippen LogP contribution in [0.1, 0.15) is 29.2 Å². The quantitative estimate of drug-likeness (QED) is 0.535. The summed E-state index contributed by atoms with van der Waals surface area (Å²) in [7, 11) is 1.87. The topological polar surface area (TPSA) is 78.2 Å². The minimum absolute atomic E-state index is 0.115. The van der Waals surface area contributed by atoms with Crippen LogP contribution < -0.4 is 15.4 Å². The first-order chi connectivity index (χ1) is 16.4. The largest absolute Gasteiger partial charge is 0.477 e. The molecule has 9 heteroatoms. The van der Waals surface area contributed by atoms with E-state index >= 15 is 4.39 Å². The van der Waals surface area contributed by atoms with E-state index in [-0.39, 0.29) is 17.0 Å². The molecule has 0 radical (unpaired) electrons. The van der Waals surface area contributed by atoms with Crippen molar-refractivity contribution < 1.29 is 19.1 Å². The number of hydroxylamine groups is 1. The molecule has 2 aromatic carbocycles. The zero-order chi connectivity index (χ0) is 23.8. The number of carbonyl (C=O) groups is 1. The number of nitrogens with zero attached hydrogens (tertiary/aromatic N) is 4. The second-order valence-electron chi connectivity index (χ2n) is 8.83. The van der Waals surface area contributed by atoms with E-state index in [4.69, 9.17) is 4.84 Å². The van der Waals surface area contributed by atoms with E-state index in [1.54, 1.807) is 11.1 Å². The molecule has 34 heavy (non-hydrogen) atoms. The predicted molar refractivity (Wildman–Crippen MR) is 128 cm³/mol. The second kappa shape index (κ2) is 9.08. The fourth-order valence-corrected chi connectivity index (χ4v) is 4.41. The average Bonchev–Trinajstić information content (AvgIpc) is 3.69. The first-order valence-corrected chi connectivity index (χ1v) is 11.4. The van der Waals surface area contributed by atoms with Crippen molar-refractivity contribution in [2.75, 3.05) is 49.9 Å². The maximum absolute atomic E-state index is 15.1. The number of hydrogen-bond donors (Lipinski definition) is 1. The number of piperazine rings is 1. The van der Waals surface area contributed by atoms with Gasteiger partial charge in [0.05, 0.1) is 16.9 Å². The number of anilines is 2. The minimum atomic E-state index is -1.29. The summed E-state index contributed by atoms with van der Waals surface area (Å²) < 4.78 is 16.9. The van der Waals surface area contributed by atoms with E-state index < -0.39 is 17.2 Å². The molecule has 0 amide bonds. The molecule has 0 bridgehead atoms. The van der Waals surface area contributed by atoms with Crippen molar-refractivity contribution in [3.63, 3.8) is 0 Å². The van der Waals surface area contributed by atoms with E-state index in [0.717, 1.165) is 18.5 Å². The predicted octanol–water partition coefficient (Wildman–Crippen LogP) is 3.32. The van der Waals surface area contributed by atoms with Crippen LogP contribution in [-0.4, -0.2) is 60.5 Å². The first kappa shape index (κ1) is 22.4. The average molecular weight is 467 g/mol. The third-order valence-electron chi connectivity index (χ3n) is 6.54. The van der Waals surface area contributed by atoms with Gasteiger partial charge in [-0.25, -0.2) is 9.18 Å². The Bertz CT molecular complexity index is 1270. The van der Waals surface area contributed by atoms with E-state index in [0.29, 0.717) is 44.1 Å². The molecule has 1 aromatic heterocycles. The molecule has 0 unspecified atom stereocenters. The molecule has 8 nitrogen and oxygen atoms in total. The number of halogens is 1. The van der Waals surface area contributed by atoms with Crippen LogP contribution in [0.15, 0.2) is 53.5 Å². The molecular weight excluding hydrogens is 439 g/mol. The molecule has 0 atom stereocenters. The lowest BCUT2D eigenvalue weighted by Gasteiger charge is -2.36. The smallest absolute Gasteiger partial charge is 0.341 e. The number of hydrogen-bond acceptors (Lipinski definition) is 6. The first-order valence-electron chi connectivity index (χ1n) is 11.4.